The van der Waals surface area contributed by atoms with Crippen LogP contribution in [0.25, 0.3) is 0 Å². The second kappa shape index (κ2) is 8.02. The molecule has 7 nitrogen and oxygen atoms in total. The maximum Gasteiger partial charge on any atom is 0.276 e. The zero-order valence-corrected chi connectivity index (χ0v) is 14.6. The van der Waals surface area contributed by atoms with Crippen molar-refractivity contribution in [2.45, 2.75) is 25.8 Å². The van der Waals surface area contributed by atoms with Gasteiger partial charge in [0.05, 0.1) is 19.8 Å². The molecule has 1 aliphatic rings. The van der Waals surface area contributed by atoms with Gasteiger partial charge < -0.3 is 20.1 Å². The molecule has 1 saturated heterocycles. The van der Waals surface area contributed by atoms with E-state index in [0.717, 1.165) is 25.9 Å². The van der Waals surface area contributed by atoms with Gasteiger partial charge in [0.25, 0.3) is 5.91 Å². The molecule has 0 spiro atoms. The van der Waals surface area contributed by atoms with E-state index in [1.165, 1.54) is 0 Å². The average molecular weight is 344 g/mol. The fourth-order valence-electron chi connectivity index (χ4n) is 2.94. The van der Waals surface area contributed by atoms with Crippen LogP contribution in [-0.2, 0) is 0 Å². The van der Waals surface area contributed by atoms with Crippen molar-refractivity contribution in [3.8, 4) is 11.5 Å². The highest BCUT2D eigenvalue weighted by Crippen LogP contribution is 2.30. The number of carbonyl (C=O) groups excluding carboxylic acids is 1. The molecule has 0 bridgehead atoms. The fraction of sp³-hybridized carbons (Fsp3) is 0.444. The van der Waals surface area contributed by atoms with Gasteiger partial charge in [0, 0.05) is 24.5 Å². The summed E-state index contributed by atoms with van der Waals surface area (Å²) in [5.74, 6) is 0.991. The predicted molar refractivity (Wildman–Crippen MR) is 95.5 cm³/mol. The van der Waals surface area contributed by atoms with Gasteiger partial charge in [0.2, 0.25) is 0 Å². The highest BCUT2D eigenvalue weighted by molar-refractivity contribution is 6.02. The van der Waals surface area contributed by atoms with Gasteiger partial charge in [-0.3, -0.25) is 9.48 Å². The van der Waals surface area contributed by atoms with Crippen LogP contribution in [0.3, 0.4) is 0 Å². The van der Waals surface area contributed by atoms with Crippen molar-refractivity contribution in [1.82, 2.24) is 15.1 Å². The molecule has 0 radical (unpaired) electrons. The lowest BCUT2D eigenvalue weighted by atomic mass is 10.1. The van der Waals surface area contributed by atoms with Crippen LogP contribution < -0.4 is 20.1 Å². The molecule has 2 N–H and O–H groups in total. The normalized spacial score (nSPS) is 17.1. The number of hydrogen-bond donors (Lipinski definition) is 2. The quantitative estimate of drug-likeness (QED) is 0.842. The van der Waals surface area contributed by atoms with Crippen molar-refractivity contribution in [2.24, 2.45) is 0 Å². The average Bonchev–Trinajstić information content (AvgIpc) is 3.13. The lowest BCUT2D eigenvalue weighted by molar-refractivity contribution is 0.102. The highest BCUT2D eigenvalue weighted by atomic mass is 16.5. The second-order valence-corrected chi connectivity index (χ2v) is 5.93. The zero-order chi connectivity index (χ0) is 17.6. The Morgan fingerprint density at radius 1 is 1.40 bits per heavy atom. The van der Waals surface area contributed by atoms with Crippen molar-refractivity contribution >= 4 is 11.6 Å². The lowest BCUT2D eigenvalue weighted by Crippen LogP contribution is -2.32. The van der Waals surface area contributed by atoms with E-state index in [9.17, 15) is 4.79 Å². The molecule has 7 heteroatoms. The Morgan fingerprint density at radius 3 is 3.00 bits per heavy atom. The summed E-state index contributed by atoms with van der Waals surface area (Å²) < 4.78 is 12.7. The second-order valence-electron chi connectivity index (χ2n) is 5.93. The Bertz CT molecular complexity index is 723. The third-order valence-corrected chi connectivity index (χ3v) is 4.21. The molecule has 1 aromatic carbocycles. The van der Waals surface area contributed by atoms with Crippen LogP contribution in [0.4, 0.5) is 5.69 Å². The van der Waals surface area contributed by atoms with E-state index in [1.54, 1.807) is 31.4 Å². The summed E-state index contributed by atoms with van der Waals surface area (Å²) in [6.07, 6.45) is 4.07. The van der Waals surface area contributed by atoms with Crippen molar-refractivity contribution < 1.29 is 14.3 Å². The van der Waals surface area contributed by atoms with Crippen LogP contribution in [0.15, 0.2) is 30.5 Å². The Labute approximate surface area is 147 Å². The summed E-state index contributed by atoms with van der Waals surface area (Å²) in [5.41, 5.74) is 1.04. The summed E-state index contributed by atoms with van der Waals surface area (Å²) in [4.78, 5) is 12.5. The molecule has 1 aromatic heterocycles. The minimum Gasteiger partial charge on any atom is -0.493 e. The number of nitrogens with zero attached hydrogens (tertiary/aromatic N) is 2. The summed E-state index contributed by atoms with van der Waals surface area (Å²) >= 11 is 0. The number of rotatable bonds is 6. The molecule has 2 aromatic rings. The van der Waals surface area contributed by atoms with Crippen LogP contribution >= 0.6 is 0 Å². The molecule has 1 unspecified atom stereocenters. The number of hydrogen-bond acceptors (Lipinski definition) is 5. The number of anilines is 1. The van der Waals surface area contributed by atoms with Gasteiger partial charge in [-0.25, -0.2) is 0 Å². The molecule has 1 fully saturated rings. The minimum absolute atomic E-state index is 0.241. The number of benzene rings is 1. The topological polar surface area (TPSA) is 77.4 Å². The summed E-state index contributed by atoms with van der Waals surface area (Å²) in [6.45, 7) is 4.36. The molecule has 1 amide bonds. The molecule has 1 atom stereocenters. The standard InChI is InChI=1S/C18H24N4O3/c1-3-25-17-11-13(6-7-16(17)24-2)20-18(23)15-8-10-22(21-15)14-5-4-9-19-12-14/h6-8,10-11,14,19H,3-5,9,12H2,1-2H3,(H,20,23). The van der Waals surface area contributed by atoms with E-state index in [0.29, 0.717) is 35.5 Å². The number of ether oxygens (including phenoxy) is 2. The third kappa shape index (κ3) is 4.11. The molecule has 134 valence electrons. The van der Waals surface area contributed by atoms with Gasteiger partial charge in [-0.15, -0.1) is 0 Å². The summed E-state index contributed by atoms with van der Waals surface area (Å²) in [5, 5.41) is 10.6. The molecular weight excluding hydrogens is 320 g/mol. The molecule has 0 aliphatic carbocycles. The first-order valence-corrected chi connectivity index (χ1v) is 8.59. The molecule has 0 saturated carbocycles. The van der Waals surface area contributed by atoms with Crippen molar-refractivity contribution in [3.05, 3.63) is 36.2 Å². The van der Waals surface area contributed by atoms with Crippen LogP contribution in [0, 0.1) is 0 Å². The Morgan fingerprint density at radius 2 is 2.28 bits per heavy atom. The smallest absolute Gasteiger partial charge is 0.276 e. The number of aromatic nitrogens is 2. The third-order valence-electron chi connectivity index (χ3n) is 4.21. The van der Waals surface area contributed by atoms with E-state index in [-0.39, 0.29) is 5.91 Å². The van der Waals surface area contributed by atoms with Crippen LogP contribution in [0.2, 0.25) is 0 Å². The van der Waals surface area contributed by atoms with Crippen molar-refractivity contribution in [2.75, 3.05) is 32.1 Å². The van der Waals surface area contributed by atoms with E-state index < -0.39 is 0 Å². The lowest BCUT2D eigenvalue weighted by Gasteiger charge is -2.22. The van der Waals surface area contributed by atoms with Gasteiger partial charge in [0.1, 0.15) is 0 Å². The van der Waals surface area contributed by atoms with Gasteiger partial charge in [-0.1, -0.05) is 0 Å². The van der Waals surface area contributed by atoms with Gasteiger partial charge in [-0.2, -0.15) is 5.10 Å². The summed E-state index contributed by atoms with van der Waals surface area (Å²) in [6, 6.07) is 7.36. The highest BCUT2D eigenvalue weighted by Gasteiger charge is 2.18. The van der Waals surface area contributed by atoms with Gasteiger partial charge >= 0.3 is 0 Å². The molecule has 2 heterocycles. The first-order valence-electron chi connectivity index (χ1n) is 8.59. The van der Waals surface area contributed by atoms with E-state index in [1.807, 2.05) is 17.8 Å². The van der Waals surface area contributed by atoms with Crippen molar-refractivity contribution in [1.29, 1.82) is 0 Å². The SMILES string of the molecule is CCOc1cc(NC(=O)c2ccn(C3CCCNC3)n2)ccc1OC. The van der Waals surface area contributed by atoms with Crippen molar-refractivity contribution in [3.63, 3.8) is 0 Å². The van der Waals surface area contributed by atoms with E-state index >= 15 is 0 Å². The van der Waals surface area contributed by atoms with Crippen LogP contribution in [0.1, 0.15) is 36.3 Å². The number of methoxy groups -OCH3 is 1. The van der Waals surface area contributed by atoms with Gasteiger partial charge in [0.15, 0.2) is 17.2 Å². The largest absolute Gasteiger partial charge is 0.493 e. The molecule has 3 rings (SSSR count). The predicted octanol–water partition coefficient (Wildman–Crippen LogP) is 2.47. The Hall–Kier alpha value is -2.54. The number of piperidine rings is 1. The first kappa shape index (κ1) is 17.3. The number of nitrogens with one attached hydrogen (secondary N) is 2. The van der Waals surface area contributed by atoms with E-state index in [2.05, 4.69) is 15.7 Å². The number of carbonyl (C=O) groups is 1. The monoisotopic (exact) mass is 344 g/mol. The maximum absolute atomic E-state index is 12.5. The van der Waals surface area contributed by atoms with Crippen LogP contribution in [-0.4, -0.2) is 42.5 Å². The maximum atomic E-state index is 12.5. The molecule has 1 aliphatic heterocycles. The Kier molecular flexibility index (Phi) is 5.55. The Balaban J connectivity index is 1.69. The zero-order valence-electron chi connectivity index (χ0n) is 14.6. The first-order chi connectivity index (χ1) is 12.2. The van der Waals surface area contributed by atoms with Gasteiger partial charge in [-0.05, 0) is 44.5 Å². The minimum atomic E-state index is -0.241. The molecular formula is C18H24N4O3. The molecule has 25 heavy (non-hydrogen) atoms. The summed E-state index contributed by atoms with van der Waals surface area (Å²) in [7, 11) is 1.59. The van der Waals surface area contributed by atoms with E-state index in [4.69, 9.17) is 9.47 Å². The van der Waals surface area contributed by atoms with Crippen LogP contribution in [0.5, 0.6) is 11.5 Å². The number of amides is 1. The fourth-order valence-corrected chi connectivity index (χ4v) is 2.94.